The average molecular weight is 310 g/mol. The number of hydrogen-bond acceptors (Lipinski definition) is 4. The van der Waals surface area contributed by atoms with Crippen molar-refractivity contribution in [2.24, 2.45) is 0 Å². The number of benzene rings is 2. The van der Waals surface area contributed by atoms with E-state index in [-0.39, 0.29) is 12.2 Å². The lowest BCUT2D eigenvalue weighted by Gasteiger charge is -2.15. The highest BCUT2D eigenvalue weighted by molar-refractivity contribution is 5.42. The summed E-state index contributed by atoms with van der Waals surface area (Å²) in [5.74, 6) is 0.0906. The van der Waals surface area contributed by atoms with Gasteiger partial charge in [-0.15, -0.1) is 0 Å². The zero-order chi connectivity index (χ0) is 16.1. The second-order valence-electron chi connectivity index (χ2n) is 4.54. The molecule has 0 aromatic heterocycles. The van der Waals surface area contributed by atoms with E-state index in [0.29, 0.717) is 17.2 Å². The fourth-order valence-corrected chi connectivity index (χ4v) is 1.90. The van der Waals surface area contributed by atoms with Crippen molar-refractivity contribution in [2.75, 3.05) is 20.8 Å². The Labute approximate surface area is 126 Å². The molecule has 0 aliphatic rings. The lowest BCUT2D eigenvalue weighted by molar-refractivity contribution is 0.104. The van der Waals surface area contributed by atoms with Crippen molar-refractivity contribution < 1.29 is 28.1 Å². The summed E-state index contributed by atoms with van der Waals surface area (Å²) < 4.78 is 42.3. The molecule has 0 saturated carbocycles. The molecule has 0 amide bonds. The van der Waals surface area contributed by atoms with Crippen molar-refractivity contribution in [3.05, 3.63) is 53.6 Å². The number of aliphatic hydroxyl groups excluding tert-OH is 1. The zero-order valence-corrected chi connectivity index (χ0v) is 12.2. The summed E-state index contributed by atoms with van der Waals surface area (Å²) in [5.41, 5.74) is -0.158. The van der Waals surface area contributed by atoms with E-state index in [9.17, 15) is 13.9 Å². The number of halogens is 2. The van der Waals surface area contributed by atoms with Crippen LogP contribution in [0.4, 0.5) is 8.78 Å². The van der Waals surface area contributed by atoms with Gasteiger partial charge in [-0.1, -0.05) is 0 Å². The third-order valence-electron chi connectivity index (χ3n) is 3.05. The quantitative estimate of drug-likeness (QED) is 0.890. The summed E-state index contributed by atoms with van der Waals surface area (Å²) in [5, 5.41) is 9.95. The van der Waals surface area contributed by atoms with Crippen LogP contribution in [0.25, 0.3) is 0 Å². The van der Waals surface area contributed by atoms with Gasteiger partial charge in [0.1, 0.15) is 41.6 Å². The molecule has 0 saturated heterocycles. The lowest BCUT2D eigenvalue weighted by Crippen LogP contribution is -2.11. The van der Waals surface area contributed by atoms with Gasteiger partial charge in [-0.3, -0.25) is 0 Å². The van der Waals surface area contributed by atoms with E-state index >= 15 is 0 Å². The minimum Gasteiger partial charge on any atom is -0.496 e. The van der Waals surface area contributed by atoms with E-state index in [1.807, 2.05) is 0 Å². The van der Waals surface area contributed by atoms with Gasteiger partial charge in [0.05, 0.1) is 14.2 Å². The molecule has 0 heterocycles. The Hall–Kier alpha value is -2.34. The second kappa shape index (κ2) is 7.09. The molecule has 22 heavy (non-hydrogen) atoms. The predicted octanol–water partition coefficient (Wildman–Crippen LogP) is 3.09. The molecule has 118 valence electrons. The molecular weight excluding hydrogens is 294 g/mol. The van der Waals surface area contributed by atoms with Crippen LogP contribution < -0.4 is 14.2 Å². The second-order valence-corrected chi connectivity index (χ2v) is 4.54. The smallest absolute Gasteiger partial charge is 0.129 e. The van der Waals surface area contributed by atoms with E-state index in [4.69, 9.17) is 14.2 Å². The average Bonchev–Trinajstić information content (AvgIpc) is 2.54. The van der Waals surface area contributed by atoms with Gasteiger partial charge in [-0.05, 0) is 18.2 Å². The van der Waals surface area contributed by atoms with E-state index in [1.54, 1.807) is 18.2 Å². The number of rotatable bonds is 6. The van der Waals surface area contributed by atoms with Crippen LogP contribution in [0.2, 0.25) is 0 Å². The van der Waals surface area contributed by atoms with Crippen LogP contribution in [0.3, 0.4) is 0 Å². The monoisotopic (exact) mass is 310 g/mol. The van der Waals surface area contributed by atoms with Crippen LogP contribution in [0, 0.1) is 11.6 Å². The van der Waals surface area contributed by atoms with Crippen LogP contribution in [-0.4, -0.2) is 25.9 Å². The topological polar surface area (TPSA) is 47.9 Å². The van der Waals surface area contributed by atoms with E-state index in [1.165, 1.54) is 14.2 Å². The molecule has 6 heteroatoms. The molecule has 0 aliphatic heterocycles. The van der Waals surface area contributed by atoms with Crippen LogP contribution in [-0.2, 0) is 0 Å². The molecule has 2 aromatic rings. The van der Waals surface area contributed by atoms with Crippen molar-refractivity contribution >= 4 is 0 Å². The molecule has 0 aliphatic carbocycles. The predicted molar refractivity (Wildman–Crippen MR) is 76.4 cm³/mol. The maximum absolute atomic E-state index is 13.6. The summed E-state index contributed by atoms with van der Waals surface area (Å²) in [7, 11) is 2.99. The van der Waals surface area contributed by atoms with Gasteiger partial charge in [0, 0.05) is 23.8 Å². The Morgan fingerprint density at radius 3 is 2.14 bits per heavy atom. The van der Waals surface area contributed by atoms with Gasteiger partial charge < -0.3 is 19.3 Å². The molecule has 4 nitrogen and oxygen atoms in total. The minimum atomic E-state index is -1.30. The summed E-state index contributed by atoms with van der Waals surface area (Å²) >= 11 is 0. The van der Waals surface area contributed by atoms with Gasteiger partial charge in [-0.25, -0.2) is 8.78 Å². The molecule has 0 spiro atoms. The number of aliphatic hydroxyl groups is 1. The maximum Gasteiger partial charge on any atom is 0.129 e. The molecular formula is C16H16F2O4. The van der Waals surface area contributed by atoms with E-state index in [2.05, 4.69) is 0 Å². The standard InChI is InChI=1S/C16H16F2O4/c1-20-11-6-12(21-2)8-13(7-11)22-9-16(19)14-5-10(17)3-4-15(14)18/h3-8,16,19H,9H2,1-2H3. The van der Waals surface area contributed by atoms with E-state index in [0.717, 1.165) is 18.2 Å². The normalized spacial score (nSPS) is 11.9. The van der Waals surface area contributed by atoms with Crippen molar-refractivity contribution in [3.8, 4) is 17.2 Å². The van der Waals surface area contributed by atoms with Gasteiger partial charge in [0.2, 0.25) is 0 Å². The van der Waals surface area contributed by atoms with Crippen molar-refractivity contribution in [2.45, 2.75) is 6.10 Å². The minimum absolute atomic E-state index is 0.158. The Morgan fingerprint density at radius 2 is 1.55 bits per heavy atom. The molecule has 1 unspecified atom stereocenters. The number of methoxy groups -OCH3 is 2. The van der Waals surface area contributed by atoms with Crippen LogP contribution in [0.5, 0.6) is 17.2 Å². The first-order valence-electron chi connectivity index (χ1n) is 6.52. The molecule has 0 bridgehead atoms. The largest absolute Gasteiger partial charge is 0.496 e. The number of hydrogen-bond donors (Lipinski definition) is 1. The van der Waals surface area contributed by atoms with Gasteiger partial charge >= 0.3 is 0 Å². The Morgan fingerprint density at radius 1 is 0.955 bits per heavy atom. The molecule has 2 rings (SSSR count). The van der Waals surface area contributed by atoms with Crippen molar-refractivity contribution in [1.29, 1.82) is 0 Å². The van der Waals surface area contributed by atoms with Crippen LogP contribution in [0.15, 0.2) is 36.4 Å². The van der Waals surface area contributed by atoms with Crippen molar-refractivity contribution in [1.82, 2.24) is 0 Å². The summed E-state index contributed by atoms with van der Waals surface area (Å²) in [6, 6.07) is 7.74. The highest BCUT2D eigenvalue weighted by atomic mass is 19.1. The summed E-state index contributed by atoms with van der Waals surface area (Å²) in [6.07, 6.45) is -1.30. The first kappa shape index (κ1) is 16.0. The third kappa shape index (κ3) is 3.85. The fraction of sp³-hybridized carbons (Fsp3) is 0.250. The Balaban J connectivity index is 2.10. The number of ether oxygens (including phenoxy) is 3. The first-order chi connectivity index (χ1) is 10.5. The zero-order valence-electron chi connectivity index (χ0n) is 12.2. The van der Waals surface area contributed by atoms with Gasteiger partial charge in [0.15, 0.2) is 0 Å². The molecule has 1 atom stereocenters. The molecule has 1 N–H and O–H groups in total. The maximum atomic E-state index is 13.6. The van der Waals surface area contributed by atoms with E-state index < -0.39 is 17.7 Å². The third-order valence-corrected chi connectivity index (χ3v) is 3.05. The lowest BCUT2D eigenvalue weighted by atomic mass is 10.1. The van der Waals surface area contributed by atoms with Gasteiger partial charge in [0.25, 0.3) is 0 Å². The SMILES string of the molecule is COc1cc(OC)cc(OCC(O)c2cc(F)ccc2F)c1. The highest BCUT2D eigenvalue weighted by Gasteiger charge is 2.15. The first-order valence-corrected chi connectivity index (χ1v) is 6.52. The summed E-state index contributed by atoms with van der Waals surface area (Å²) in [4.78, 5) is 0. The molecule has 2 aromatic carbocycles. The summed E-state index contributed by atoms with van der Waals surface area (Å²) in [6.45, 7) is -0.239. The van der Waals surface area contributed by atoms with Gasteiger partial charge in [-0.2, -0.15) is 0 Å². The van der Waals surface area contributed by atoms with Crippen LogP contribution in [0.1, 0.15) is 11.7 Å². The Bertz CT molecular complexity index is 624. The van der Waals surface area contributed by atoms with Crippen molar-refractivity contribution in [3.63, 3.8) is 0 Å². The molecule has 0 radical (unpaired) electrons. The fourth-order valence-electron chi connectivity index (χ4n) is 1.90. The molecule has 0 fully saturated rings. The van der Waals surface area contributed by atoms with Crippen LogP contribution >= 0.6 is 0 Å². The Kier molecular flexibility index (Phi) is 5.16. The highest BCUT2D eigenvalue weighted by Crippen LogP contribution is 2.28.